The van der Waals surface area contributed by atoms with E-state index in [2.05, 4.69) is 25.3 Å². The van der Waals surface area contributed by atoms with Crippen molar-refractivity contribution < 1.29 is 13.9 Å². The van der Waals surface area contributed by atoms with Crippen LogP contribution in [0.15, 0.2) is 23.0 Å². The minimum Gasteiger partial charge on any atom is -0.447 e. The van der Waals surface area contributed by atoms with Crippen LogP contribution in [0.4, 0.5) is 21.1 Å². The predicted molar refractivity (Wildman–Crippen MR) is 117 cm³/mol. The third-order valence-corrected chi connectivity index (χ3v) is 6.09. The van der Waals surface area contributed by atoms with Crippen molar-refractivity contribution in [2.75, 3.05) is 16.8 Å². The van der Waals surface area contributed by atoms with Crippen molar-refractivity contribution in [2.45, 2.75) is 44.7 Å². The lowest BCUT2D eigenvalue weighted by molar-refractivity contribution is 0.178. The number of amides is 1. The van der Waals surface area contributed by atoms with Crippen molar-refractivity contribution in [3.63, 3.8) is 0 Å². The zero-order valence-electron chi connectivity index (χ0n) is 17.4. The fourth-order valence-corrected chi connectivity index (χ4v) is 4.25. The average molecular weight is 459 g/mol. The number of carbonyl (C=O) groups excluding carboxylic acids is 1. The number of pyridine rings is 1. The summed E-state index contributed by atoms with van der Waals surface area (Å²) in [6.45, 7) is 3.93. The van der Waals surface area contributed by atoms with Crippen molar-refractivity contribution in [3.8, 4) is 0 Å². The molecular formula is C21H20ClFN6O3. The number of H-pyrrole nitrogens is 1. The highest BCUT2D eigenvalue weighted by molar-refractivity contribution is 6.31. The lowest BCUT2D eigenvalue weighted by Gasteiger charge is -2.21. The number of hydrogen-bond donors (Lipinski definition) is 2. The highest BCUT2D eigenvalue weighted by atomic mass is 35.5. The average Bonchev–Trinajstić information content (AvgIpc) is 3.40. The molecule has 2 N–H and O–H groups in total. The van der Waals surface area contributed by atoms with Crippen LogP contribution in [-0.2, 0) is 10.3 Å². The number of rotatable bonds is 5. The highest BCUT2D eigenvalue weighted by Crippen LogP contribution is 2.47. The van der Waals surface area contributed by atoms with Crippen molar-refractivity contribution in [1.29, 1.82) is 0 Å². The molecule has 2 aliphatic rings. The van der Waals surface area contributed by atoms with Gasteiger partial charge >= 0.3 is 6.09 Å². The summed E-state index contributed by atoms with van der Waals surface area (Å²) >= 11 is 5.99. The maximum atomic E-state index is 14.2. The maximum absolute atomic E-state index is 14.2. The number of cyclic esters (lactones) is 1. The van der Waals surface area contributed by atoms with Gasteiger partial charge in [0, 0.05) is 16.0 Å². The topological polar surface area (TPSA) is 113 Å². The Kier molecular flexibility index (Phi) is 4.77. The minimum atomic E-state index is -0.707. The highest BCUT2D eigenvalue weighted by Gasteiger charge is 2.47. The zero-order chi connectivity index (χ0) is 22.6. The Morgan fingerprint density at radius 2 is 2.06 bits per heavy atom. The molecule has 1 aromatic carbocycles. The Balaban J connectivity index is 1.52. The van der Waals surface area contributed by atoms with Crippen LogP contribution >= 0.6 is 11.6 Å². The summed E-state index contributed by atoms with van der Waals surface area (Å²) in [5.74, 6) is 0.279. The lowest BCUT2D eigenvalue weighted by atomic mass is 10.0. The fourth-order valence-electron chi connectivity index (χ4n) is 4.03. The first-order chi connectivity index (χ1) is 15.3. The Labute approximate surface area is 187 Å². The number of aromatic nitrogens is 4. The van der Waals surface area contributed by atoms with Gasteiger partial charge in [-0.3, -0.25) is 4.79 Å². The summed E-state index contributed by atoms with van der Waals surface area (Å²) in [4.78, 5) is 42.1. The van der Waals surface area contributed by atoms with E-state index in [-0.39, 0.29) is 35.1 Å². The molecule has 1 atom stereocenters. The van der Waals surface area contributed by atoms with Gasteiger partial charge in [0.15, 0.2) is 0 Å². The van der Waals surface area contributed by atoms with Crippen LogP contribution in [0.2, 0.25) is 5.02 Å². The molecule has 9 nitrogen and oxygen atoms in total. The van der Waals surface area contributed by atoms with Gasteiger partial charge in [0.2, 0.25) is 11.9 Å². The Morgan fingerprint density at radius 1 is 1.28 bits per heavy atom. The summed E-state index contributed by atoms with van der Waals surface area (Å²) < 4.78 is 19.3. The standard InChI is InChI=1S/C21H20ClFN6O3/c1-3-13-9-32-20(31)29(13)19-25-10(2)24-18(27-19)28-21(4-5-21)14-7-11-6-12(22)8-15(23)16(11)26-17(14)30/h6-8,13H,3-5,9H2,1-2H3,(H,26,30)(H,24,25,27,28)/t13-/m0/s1. The number of carbonyl (C=O) groups is 1. The molecule has 32 heavy (non-hydrogen) atoms. The van der Waals surface area contributed by atoms with Crippen molar-refractivity contribution in [3.05, 3.63) is 50.8 Å². The number of nitrogens with zero attached hydrogens (tertiary/aromatic N) is 4. The van der Waals surface area contributed by atoms with Crippen LogP contribution < -0.4 is 15.8 Å². The molecular weight excluding hydrogens is 439 g/mol. The van der Waals surface area contributed by atoms with E-state index in [0.29, 0.717) is 36.0 Å². The third kappa shape index (κ3) is 3.44. The van der Waals surface area contributed by atoms with Gasteiger partial charge in [0.05, 0.1) is 17.1 Å². The fraction of sp³-hybridized carbons (Fsp3) is 0.381. The van der Waals surface area contributed by atoms with Crippen molar-refractivity contribution in [2.24, 2.45) is 0 Å². The SMILES string of the molecule is CC[C@H]1COC(=O)N1c1nc(C)nc(NC2(c3cc4cc(Cl)cc(F)c4[nH]c3=O)CC2)n1. The molecule has 2 fully saturated rings. The minimum absolute atomic E-state index is 0.107. The quantitative estimate of drug-likeness (QED) is 0.599. The van der Waals surface area contributed by atoms with Crippen LogP contribution in [0.1, 0.15) is 37.6 Å². The largest absolute Gasteiger partial charge is 0.447 e. The summed E-state index contributed by atoms with van der Waals surface area (Å²) in [6.07, 6.45) is 1.51. The monoisotopic (exact) mass is 458 g/mol. The van der Waals surface area contributed by atoms with Crippen LogP contribution in [0.5, 0.6) is 0 Å². The van der Waals surface area contributed by atoms with Gasteiger partial charge < -0.3 is 15.0 Å². The molecule has 1 saturated heterocycles. The molecule has 3 heterocycles. The van der Waals surface area contributed by atoms with Gasteiger partial charge in [-0.05, 0) is 44.4 Å². The molecule has 166 valence electrons. The molecule has 1 aliphatic heterocycles. The molecule has 1 aliphatic carbocycles. The van der Waals surface area contributed by atoms with E-state index >= 15 is 0 Å². The molecule has 3 aromatic rings. The van der Waals surface area contributed by atoms with E-state index in [1.54, 1.807) is 19.1 Å². The van der Waals surface area contributed by atoms with Crippen LogP contribution in [0.25, 0.3) is 10.9 Å². The first kappa shape index (κ1) is 20.6. The van der Waals surface area contributed by atoms with Gasteiger partial charge in [0.25, 0.3) is 5.56 Å². The number of ether oxygens (including phenoxy) is 1. The Morgan fingerprint density at radius 3 is 2.78 bits per heavy atom. The molecule has 0 spiro atoms. The molecule has 11 heteroatoms. The van der Waals surface area contributed by atoms with E-state index in [9.17, 15) is 14.0 Å². The zero-order valence-corrected chi connectivity index (χ0v) is 18.2. The first-order valence-corrected chi connectivity index (χ1v) is 10.7. The molecule has 1 amide bonds. The number of aryl methyl sites for hydroxylation is 1. The first-order valence-electron chi connectivity index (χ1n) is 10.3. The number of anilines is 2. The molecule has 5 rings (SSSR count). The Hall–Kier alpha value is -3.27. The molecule has 1 saturated carbocycles. The summed E-state index contributed by atoms with van der Waals surface area (Å²) in [5.41, 5.74) is -0.556. The van der Waals surface area contributed by atoms with Gasteiger partial charge in [-0.25, -0.2) is 14.1 Å². The second-order valence-electron chi connectivity index (χ2n) is 8.09. The second-order valence-corrected chi connectivity index (χ2v) is 8.52. The van der Waals surface area contributed by atoms with E-state index in [1.807, 2.05) is 6.92 Å². The van der Waals surface area contributed by atoms with Crippen LogP contribution in [-0.4, -0.2) is 38.7 Å². The van der Waals surface area contributed by atoms with Crippen molar-refractivity contribution >= 4 is 40.5 Å². The smallest absolute Gasteiger partial charge is 0.417 e. The van der Waals surface area contributed by atoms with Gasteiger partial charge in [-0.1, -0.05) is 18.5 Å². The van der Waals surface area contributed by atoms with Gasteiger partial charge in [-0.2, -0.15) is 15.0 Å². The predicted octanol–water partition coefficient (Wildman–Crippen LogP) is 3.65. The third-order valence-electron chi connectivity index (χ3n) is 5.87. The summed E-state index contributed by atoms with van der Waals surface area (Å²) in [5, 5.41) is 3.98. The normalized spacial score (nSPS) is 19.3. The number of fused-ring (bicyclic) bond motifs is 1. The summed E-state index contributed by atoms with van der Waals surface area (Å²) in [6, 6.07) is 4.25. The number of benzene rings is 1. The van der Waals surface area contributed by atoms with E-state index in [4.69, 9.17) is 16.3 Å². The van der Waals surface area contributed by atoms with Crippen molar-refractivity contribution in [1.82, 2.24) is 19.9 Å². The number of nitrogens with one attached hydrogen (secondary N) is 2. The number of halogens is 2. The second kappa shape index (κ2) is 7.40. The number of aromatic amines is 1. The van der Waals surface area contributed by atoms with E-state index < -0.39 is 23.0 Å². The maximum Gasteiger partial charge on any atom is 0.417 e. The Bertz CT molecular complexity index is 1310. The van der Waals surface area contributed by atoms with E-state index in [1.165, 1.54) is 4.90 Å². The summed E-state index contributed by atoms with van der Waals surface area (Å²) in [7, 11) is 0. The molecule has 2 aromatic heterocycles. The van der Waals surface area contributed by atoms with Crippen LogP contribution in [0, 0.1) is 12.7 Å². The molecule has 0 bridgehead atoms. The lowest BCUT2D eigenvalue weighted by Crippen LogP contribution is -2.35. The van der Waals surface area contributed by atoms with Gasteiger partial charge in [0.1, 0.15) is 18.2 Å². The molecule has 0 radical (unpaired) electrons. The van der Waals surface area contributed by atoms with Crippen LogP contribution in [0.3, 0.4) is 0 Å². The molecule has 0 unspecified atom stereocenters. The van der Waals surface area contributed by atoms with E-state index in [0.717, 1.165) is 6.07 Å². The van der Waals surface area contributed by atoms with Gasteiger partial charge in [-0.15, -0.1) is 0 Å². The number of hydrogen-bond acceptors (Lipinski definition) is 7.